The van der Waals surface area contributed by atoms with Crippen molar-refractivity contribution >= 4 is 17.5 Å². The maximum absolute atomic E-state index is 11.8. The van der Waals surface area contributed by atoms with Crippen LogP contribution >= 0.6 is 0 Å². The first kappa shape index (κ1) is 11.8. The van der Waals surface area contributed by atoms with Gasteiger partial charge in [0, 0.05) is 12.4 Å². The van der Waals surface area contributed by atoms with E-state index in [4.69, 9.17) is 5.73 Å². The van der Waals surface area contributed by atoms with Crippen molar-refractivity contribution in [1.82, 2.24) is 29.9 Å². The highest BCUT2D eigenvalue weighted by Gasteiger charge is 2.11. The lowest BCUT2D eigenvalue weighted by molar-refractivity contribution is 0.101. The van der Waals surface area contributed by atoms with Gasteiger partial charge in [-0.15, -0.1) is 5.10 Å². The fourth-order valence-electron chi connectivity index (χ4n) is 1.57. The molecule has 0 spiro atoms. The second-order valence-corrected chi connectivity index (χ2v) is 3.85. The summed E-state index contributed by atoms with van der Waals surface area (Å²) in [6.07, 6.45) is 4.96. The van der Waals surface area contributed by atoms with Gasteiger partial charge in [-0.25, -0.2) is 9.67 Å². The van der Waals surface area contributed by atoms with Crippen LogP contribution in [-0.4, -0.2) is 35.9 Å². The van der Waals surface area contributed by atoms with Gasteiger partial charge in [-0.3, -0.25) is 9.89 Å². The van der Waals surface area contributed by atoms with Crippen LogP contribution in [0.1, 0.15) is 10.6 Å². The zero-order chi connectivity index (χ0) is 13.9. The minimum absolute atomic E-state index is 0.0160. The van der Waals surface area contributed by atoms with Crippen molar-refractivity contribution in [2.24, 2.45) is 0 Å². The Morgan fingerprint density at radius 1 is 1.40 bits per heavy atom. The molecule has 100 valence electrons. The van der Waals surface area contributed by atoms with Crippen LogP contribution in [0.15, 0.2) is 36.8 Å². The van der Waals surface area contributed by atoms with Crippen molar-refractivity contribution in [3.63, 3.8) is 0 Å². The number of anilines is 2. The second kappa shape index (κ2) is 4.80. The van der Waals surface area contributed by atoms with Crippen molar-refractivity contribution < 1.29 is 4.79 Å². The normalized spacial score (nSPS) is 10.4. The number of nitrogens with zero attached hydrogens (tertiary/aromatic N) is 5. The summed E-state index contributed by atoms with van der Waals surface area (Å²) in [6.45, 7) is 0. The molecule has 3 aromatic heterocycles. The van der Waals surface area contributed by atoms with E-state index in [1.165, 1.54) is 6.20 Å². The Bertz CT molecular complexity index is 715. The Morgan fingerprint density at radius 2 is 2.30 bits per heavy atom. The van der Waals surface area contributed by atoms with E-state index >= 15 is 0 Å². The number of amides is 1. The average molecular weight is 270 g/mol. The molecular weight excluding hydrogens is 260 g/mol. The molecule has 9 heteroatoms. The molecule has 0 saturated carbocycles. The summed E-state index contributed by atoms with van der Waals surface area (Å²) in [6, 6.07) is 5.24. The summed E-state index contributed by atoms with van der Waals surface area (Å²) >= 11 is 0. The van der Waals surface area contributed by atoms with Gasteiger partial charge in [0.25, 0.3) is 5.91 Å². The number of H-pyrrole nitrogens is 1. The summed E-state index contributed by atoms with van der Waals surface area (Å²) in [5.41, 5.74) is 5.86. The van der Waals surface area contributed by atoms with Crippen LogP contribution < -0.4 is 11.1 Å². The summed E-state index contributed by atoms with van der Waals surface area (Å²) in [7, 11) is 0. The highest BCUT2D eigenvalue weighted by atomic mass is 16.2. The fourth-order valence-corrected chi connectivity index (χ4v) is 1.57. The van der Waals surface area contributed by atoms with E-state index in [-0.39, 0.29) is 11.8 Å². The third-order valence-corrected chi connectivity index (χ3v) is 2.46. The maximum atomic E-state index is 11.8. The Hall–Kier alpha value is -3.23. The van der Waals surface area contributed by atoms with E-state index in [1.807, 2.05) is 0 Å². The molecular formula is C11H10N8O. The Kier molecular flexibility index (Phi) is 2.84. The molecule has 0 saturated heterocycles. The predicted octanol–water partition coefficient (Wildman–Crippen LogP) is 0.220. The Morgan fingerprint density at radius 3 is 2.90 bits per heavy atom. The average Bonchev–Trinajstić information content (AvgIpc) is 3.10. The topological polar surface area (TPSA) is 127 Å². The summed E-state index contributed by atoms with van der Waals surface area (Å²) in [5.74, 6) is 0.265. The summed E-state index contributed by atoms with van der Waals surface area (Å²) < 4.78 is 1.61. The first-order valence-corrected chi connectivity index (χ1v) is 5.68. The highest BCUT2D eigenvalue weighted by Crippen LogP contribution is 2.10. The zero-order valence-electron chi connectivity index (χ0n) is 10.2. The van der Waals surface area contributed by atoms with Gasteiger partial charge in [0.2, 0.25) is 11.8 Å². The number of nitrogens with two attached hydrogens (primary N) is 1. The van der Waals surface area contributed by atoms with E-state index in [0.29, 0.717) is 11.5 Å². The quantitative estimate of drug-likeness (QED) is 0.624. The lowest BCUT2D eigenvalue weighted by Crippen LogP contribution is -2.14. The van der Waals surface area contributed by atoms with E-state index in [1.54, 1.807) is 35.3 Å². The van der Waals surface area contributed by atoms with E-state index in [9.17, 15) is 4.79 Å². The molecule has 0 aliphatic carbocycles. The Labute approximate surface area is 112 Å². The van der Waals surface area contributed by atoms with E-state index in [0.717, 1.165) is 0 Å². The monoisotopic (exact) mass is 270 g/mol. The van der Waals surface area contributed by atoms with Crippen LogP contribution in [0, 0.1) is 0 Å². The number of carbonyl (C=O) groups is 1. The van der Waals surface area contributed by atoms with Crippen molar-refractivity contribution in [3.8, 4) is 5.82 Å². The molecule has 0 atom stereocenters. The van der Waals surface area contributed by atoms with Gasteiger partial charge < -0.3 is 11.1 Å². The molecule has 0 aromatic carbocycles. The minimum atomic E-state index is -0.442. The molecule has 3 rings (SSSR count). The second-order valence-electron chi connectivity index (χ2n) is 3.85. The lowest BCUT2D eigenvalue weighted by Gasteiger charge is -2.04. The molecule has 20 heavy (non-hydrogen) atoms. The Balaban J connectivity index is 1.74. The number of hydrogen-bond donors (Lipinski definition) is 3. The molecule has 0 radical (unpaired) electrons. The van der Waals surface area contributed by atoms with Crippen LogP contribution in [0.4, 0.5) is 11.6 Å². The van der Waals surface area contributed by atoms with Gasteiger partial charge in [0.15, 0.2) is 5.82 Å². The molecule has 0 unspecified atom stereocenters. The number of nitrogens with one attached hydrogen (secondary N) is 2. The van der Waals surface area contributed by atoms with Gasteiger partial charge in [-0.05, 0) is 18.2 Å². The lowest BCUT2D eigenvalue weighted by atomic mass is 10.4. The standard InChI is InChI=1S/C11H10N8O/c12-11-16-9(17-18-11)10(20)15-7-2-3-8(13-6-7)19-5-1-4-14-19/h1-6H,(H,15,20)(H3,12,16,17,18). The molecule has 3 heterocycles. The summed E-state index contributed by atoms with van der Waals surface area (Å²) in [5, 5.41) is 12.7. The van der Waals surface area contributed by atoms with Gasteiger partial charge in [0.1, 0.15) is 0 Å². The first-order valence-electron chi connectivity index (χ1n) is 5.68. The molecule has 0 bridgehead atoms. The number of pyridine rings is 1. The highest BCUT2D eigenvalue weighted by molar-refractivity contribution is 6.01. The van der Waals surface area contributed by atoms with Crippen molar-refractivity contribution in [1.29, 1.82) is 0 Å². The number of rotatable bonds is 3. The fraction of sp³-hybridized carbons (Fsp3) is 0. The third kappa shape index (κ3) is 2.32. The molecule has 0 fully saturated rings. The molecule has 9 nitrogen and oxygen atoms in total. The van der Waals surface area contributed by atoms with Crippen LogP contribution in [0.5, 0.6) is 0 Å². The van der Waals surface area contributed by atoms with Crippen LogP contribution in [0.2, 0.25) is 0 Å². The van der Waals surface area contributed by atoms with E-state index in [2.05, 4.69) is 30.6 Å². The van der Waals surface area contributed by atoms with Crippen molar-refractivity contribution in [3.05, 3.63) is 42.6 Å². The van der Waals surface area contributed by atoms with E-state index < -0.39 is 5.91 Å². The van der Waals surface area contributed by atoms with Crippen molar-refractivity contribution in [2.45, 2.75) is 0 Å². The SMILES string of the molecule is Nc1n[nH]c(C(=O)Nc2ccc(-n3cccn3)nc2)n1. The molecule has 0 aliphatic heterocycles. The number of aromatic amines is 1. The third-order valence-electron chi connectivity index (χ3n) is 2.46. The number of nitrogen functional groups attached to an aromatic ring is 1. The zero-order valence-corrected chi connectivity index (χ0v) is 10.2. The number of carbonyl (C=O) groups excluding carboxylic acids is 1. The predicted molar refractivity (Wildman–Crippen MR) is 70.1 cm³/mol. The van der Waals surface area contributed by atoms with Gasteiger partial charge in [-0.1, -0.05) is 0 Å². The van der Waals surface area contributed by atoms with Crippen LogP contribution in [0.3, 0.4) is 0 Å². The molecule has 0 aliphatic rings. The van der Waals surface area contributed by atoms with Gasteiger partial charge >= 0.3 is 0 Å². The minimum Gasteiger partial charge on any atom is -0.366 e. The number of hydrogen-bond acceptors (Lipinski definition) is 6. The van der Waals surface area contributed by atoms with Crippen LogP contribution in [0.25, 0.3) is 5.82 Å². The van der Waals surface area contributed by atoms with Gasteiger partial charge in [-0.2, -0.15) is 10.1 Å². The molecule has 4 N–H and O–H groups in total. The smallest absolute Gasteiger partial charge is 0.293 e. The van der Waals surface area contributed by atoms with Crippen molar-refractivity contribution in [2.75, 3.05) is 11.1 Å². The van der Waals surface area contributed by atoms with Crippen LogP contribution in [-0.2, 0) is 0 Å². The number of aromatic nitrogens is 6. The maximum Gasteiger partial charge on any atom is 0.293 e. The molecule has 3 aromatic rings. The molecule has 1 amide bonds. The first-order chi connectivity index (χ1) is 9.72. The van der Waals surface area contributed by atoms with Gasteiger partial charge in [0.05, 0.1) is 11.9 Å². The summed E-state index contributed by atoms with van der Waals surface area (Å²) in [4.78, 5) is 19.7. The largest absolute Gasteiger partial charge is 0.366 e.